The first kappa shape index (κ1) is 14.8. The van der Waals surface area contributed by atoms with Crippen LogP contribution in [0.3, 0.4) is 0 Å². The van der Waals surface area contributed by atoms with Crippen LogP contribution in [0.25, 0.3) is 0 Å². The maximum Gasteiger partial charge on any atom is 0.276 e. The Hall–Kier alpha value is -2.13. The van der Waals surface area contributed by atoms with Crippen LogP contribution < -0.4 is 5.32 Å². The molecule has 0 fully saturated rings. The van der Waals surface area contributed by atoms with Gasteiger partial charge in [0.1, 0.15) is 11.1 Å². The molecule has 2 aromatic heterocycles. The zero-order chi connectivity index (χ0) is 15.5. The summed E-state index contributed by atoms with van der Waals surface area (Å²) >= 11 is 1.55. The molecule has 0 unspecified atom stereocenters. The Morgan fingerprint density at radius 3 is 3.00 bits per heavy atom. The number of fused-ring (bicyclic) bond motifs is 1. The maximum absolute atomic E-state index is 12.3. The third kappa shape index (κ3) is 2.77. The predicted molar refractivity (Wildman–Crippen MR) is 86.1 cm³/mol. The van der Waals surface area contributed by atoms with Crippen LogP contribution in [-0.2, 0) is 19.4 Å². The normalized spacial score (nSPS) is 14.0. The molecule has 0 saturated carbocycles. The monoisotopic (exact) mass is 314 g/mol. The second-order valence-electron chi connectivity index (χ2n) is 5.39. The van der Waals surface area contributed by atoms with Gasteiger partial charge < -0.3 is 5.32 Å². The highest BCUT2D eigenvalue weighted by molar-refractivity contribution is 7.16. The van der Waals surface area contributed by atoms with Crippen LogP contribution >= 0.6 is 11.3 Å². The molecule has 1 aliphatic rings. The molecule has 0 aromatic carbocycles. The molecule has 3 rings (SSSR count). The SMILES string of the molecule is CCn1ccc(C(=O)Nc2sc3c(c2C#N)CCCCC3)n1. The number of nitrogens with zero attached hydrogens (tertiary/aromatic N) is 3. The van der Waals surface area contributed by atoms with Crippen LogP contribution in [0.1, 0.15) is 52.7 Å². The van der Waals surface area contributed by atoms with Crippen molar-refractivity contribution in [3.8, 4) is 6.07 Å². The fraction of sp³-hybridized carbons (Fsp3) is 0.438. The van der Waals surface area contributed by atoms with E-state index in [-0.39, 0.29) is 5.91 Å². The van der Waals surface area contributed by atoms with Crippen molar-refractivity contribution in [2.75, 3.05) is 5.32 Å². The van der Waals surface area contributed by atoms with Gasteiger partial charge in [-0.15, -0.1) is 11.3 Å². The van der Waals surface area contributed by atoms with Crippen LogP contribution in [0, 0.1) is 11.3 Å². The summed E-state index contributed by atoms with van der Waals surface area (Å²) in [5.41, 5.74) is 2.17. The minimum Gasteiger partial charge on any atom is -0.311 e. The van der Waals surface area contributed by atoms with Crippen molar-refractivity contribution in [2.45, 2.75) is 45.6 Å². The van der Waals surface area contributed by atoms with Crippen molar-refractivity contribution in [3.63, 3.8) is 0 Å². The molecule has 0 saturated heterocycles. The number of hydrogen-bond acceptors (Lipinski definition) is 4. The lowest BCUT2D eigenvalue weighted by Gasteiger charge is -2.02. The number of carbonyl (C=O) groups excluding carboxylic acids is 1. The van der Waals surface area contributed by atoms with Crippen molar-refractivity contribution in [3.05, 3.63) is 34.0 Å². The average Bonchev–Trinajstić information content (AvgIpc) is 3.06. The Bertz CT molecular complexity index is 738. The largest absolute Gasteiger partial charge is 0.311 e. The van der Waals surface area contributed by atoms with Gasteiger partial charge in [0.15, 0.2) is 5.69 Å². The van der Waals surface area contributed by atoms with Gasteiger partial charge >= 0.3 is 0 Å². The van der Waals surface area contributed by atoms with Gasteiger partial charge in [-0.25, -0.2) is 0 Å². The molecule has 6 heteroatoms. The smallest absolute Gasteiger partial charge is 0.276 e. The molecule has 1 aliphatic carbocycles. The van der Waals surface area contributed by atoms with E-state index in [1.54, 1.807) is 28.3 Å². The Balaban J connectivity index is 1.86. The van der Waals surface area contributed by atoms with E-state index in [1.165, 1.54) is 11.3 Å². The molecule has 0 atom stereocenters. The van der Waals surface area contributed by atoms with Crippen molar-refractivity contribution in [1.29, 1.82) is 5.26 Å². The minimum atomic E-state index is -0.250. The summed E-state index contributed by atoms with van der Waals surface area (Å²) in [6.07, 6.45) is 7.22. The summed E-state index contributed by atoms with van der Waals surface area (Å²) in [5.74, 6) is -0.250. The molecule has 114 valence electrons. The van der Waals surface area contributed by atoms with Crippen LogP contribution in [0.5, 0.6) is 0 Å². The topological polar surface area (TPSA) is 70.7 Å². The van der Waals surface area contributed by atoms with Gasteiger partial charge in [0.05, 0.1) is 5.56 Å². The van der Waals surface area contributed by atoms with E-state index in [4.69, 9.17) is 0 Å². The number of nitrogens with one attached hydrogen (secondary N) is 1. The molecule has 0 radical (unpaired) electrons. The molecule has 1 N–H and O–H groups in total. The van der Waals surface area contributed by atoms with Gasteiger partial charge in [-0.3, -0.25) is 9.48 Å². The number of carbonyl (C=O) groups is 1. The van der Waals surface area contributed by atoms with E-state index in [9.17, 15) is 10.1 Å². The van der Waals surface area contributed by atoms with E-state index in [0.717, 1.165) is 37.8 Å². The summed E-state index contributed by atoms with van der Waals surface area (Å²) in [6.45, 7) is 2.70. The summed E-state index contributed by atoms with van der Waals surface area (Å²) < 4.78 is 1.71. The number of nitriles is 1. The minimum absolute atomic E-state index is 0.250. The third-order valence-electron chi connectivity index (χ3n) is 3.96. The highest BCUT2D eigenvalue weighted by Crippen LogP contribution is 2.37. The fourth-order valence-corrected chi connectivity index (χ4v) is 4.01. The van der Waals surface area contributed by atoms with Crippen LogP contribution in [0.15, 0.2) is 12.3 Å². The van der Waals surface area contributed by atoms with Gasteiger partial charge in [0.25, 0.3) is 5.91 Å². The summed E-state index contributed by atoms with van der Waals surface area (Å²) in [5, 5.41) is 17.2. The number of anilines is 1. The predicted octanol–water partition coefficient (Wildman–Crippen LogP) is 3.36. The number of aryl methyl sites for hydroxylation is 2. The van der Waals surface area contributed by atoms with Crippen LogP contribution in [0.4, 0.5) is 5.00 Å². The van der Waals surface area contributed by atoms with Crippen molar-refractivity contribution < 1.29 is 4.79 Å². The van der Waals surface area contributed by atoms with E-state index in [2.05, 4.69) is 16.5 Å². The van der Waals surface area contributed by atoms with Gasteiger partial charge in [0, 0.05) is 17.6 Å². The van der Waals surface area contributed by atoms with Crippen molar-refractivity contribution in [2.24, 2.45) is 0 Å². The number of amides is 1. The van der Waals surface area contributed by atoms with Gasteiger partial charge in [0.2, 0.25) is 0 Å². The first-order valence-electron chi connectivity index (χ1n) is 7.62. The lowest BCUT2D eigenvalue weighted by Crippen LogP contribution is -2.13. The quantitative estimate of drug-likeness (QED) is 0.883. The molecule has 1 amide bonds. The van der Waals surface area contributed by atoms with E-state index >= 15 is 0 Å². The van der Waals surface area contributed by atoms with Crippen LogP contribution in [-0.4, -0.2) is 15.7 Å². The maximum atomic E-state index is 12.3. The fourth-order valence-electron chi connectivity index (χ4n) is 2.78. The first-order valence-corrected chi connectivity index (χ1v) is 8.44. The highest BCUT2D eigenvalue weighted by Gasteiger charge is 2.21. The van der Waals surface area contributed by atoms with E-state index in [0.29, 0.717) is 16.3 Å². The molecule has 0 aliphatic heterocycles. The summed E-state index contributed by atoms with van der Waals surface area (Å²) in [6, 6.07) is 3.97. The second kappa shape index (κ2) is 6.32. The molecular formula is C16H18N4OS. The Kier molecular flexibility index (Phi) is 4.25. The van der Waals surface area contributed by atoms with Crippen molar-refractivity contribution in [1.82, 2.24) is 9.78 Å². The number of thiophene rings is 1. The van der Waals surface area contributed by atoms with Crippen molar-refractivity contribution >= 4 is 22.2 Å². The van der Waals surface area contributed by atoms with Crippen LogP contribution in [0.2, 0.25) is 0 Å². The molecule has 0 bridgehead atoms. The lowest BCUT2D eigenvalue weighted by atomic mass is 10.1. The first-order chi connectivity index (χ1) is 10.7. The molecule has 5 nitrogen and oxygen atoms in total. The molecule has 2 aromatic rings. The molecule has 22 heavy (non-hydrogen) atoms. The summed E-state index contributed by atoms with van der Waals surface area (Å²) in [4.78, 5) is 13.6. The Morgan fingerprint density at radius 2 is 2.27 bits per heavy atom. The number of rotatable bonds is 3. The van der Waals surface area contributed by atoms with Gasteiger partial charge in [-0.1, -0.05) is 6.42 Å². The Labute approximate surface area is 133 Å². The van der Waals surface area contributed by atoms with Gasteiger partial charge in [-0.2, -0.15) is 10.4 Å². The zero-order valence-electron chi connectivity index (χ0n) is 12.6. The third-order valence-corrected chi connectivity index (χ3v) is 5.16. The highest BCUT2D eigenvalue weighted by atomic mass is 32.1. The average molecular weight is 314 g/mol. The standard InChI is InChI=1S/C16H18N4OS/c1-2-20-9-8-13(19-20)15(21)18-16-12(10-17)11-6-4-3-5-7-14(11)22-16/h8-9H,2-7H2,1H3,(H,18,21). The second-order valence-corrected chi connectivity index (χ2v) is 6.50. The summed E-state index contributed by atoms with van der Waals surface area (Å²) in [7, 11) is 0. The zero-order valence-corrected chi connectivity index (χ0v) is 13.4. The molecular weight excluding hydrogens is 296 g/mol. The Morgan fingerprint density at radius 1 is 1.45 bits per heavy atom. The van der Waals surface area contributed by atoms with E-state index in [1.807, 2.05) is 6.92 Å². The number of hydrogen-bond donors (Lipinski definition) is 1. The lowest BCUT2D eigenvalue weighted by molar-refractivity contribution is 0.102. The number of aromatic nitrogens is 2. The molecule has 2 heterocycles. The van der Waals surface area contributed by atoms with E-state index < -0.39 is 0 Å². The molecule has 0 spiro atoms. The van der Waals surface area contributed by atoms with Gasteiger partial charge in [-0.05, 0) is 44.2 Å².